The number of nitrogens with zero attached hydrogens (tertiary/aromatic N) is 3. The fraction of sp³-hybridized carbons (Fsp3) is 0.316. The maximum atomic E-state index is 12.7. The number of benzene rings is 1. The molecule has 2 aromatic rings. The Kier molecular flexibility index (Phi) is 6.80. The monoisotopic (exact) mass is 484 g/mol. The fourth-order valence-corrected chi connectivity index (χ4v) is 3.62. The number of amides is 2. The van der Waals surface area contributed by atoms with E-state index in [1.54, 1.807) is 36.2 Å². The molecule has 1 aromatic heterocycles. The van der Waals surface area contributed by atoms with Crippen molar-refractivity contribution < 1.29 is 9.59 Å². The van der Waals surface area contributed by atoms with Gasteiger partial charge in [-0.2, -0.15) is 0 Å². The minimum Gasteiger partial charge on any atom is -0.353 e. The molecule has 9 heteroatoms. The Morgan fingerprint density at radius 2 is 1.86 bits per heavy atom. The lowest BCUT2D eigenvalue weighted by molar-refractivity contribution is -0.133. The number of carbonyl (C=O) groups excluding carboxylic acids is 2. The largest absolute Gasteiger partial charge is 0.353 e. The quantitative estimate of drug-likeness (QED) is 0.718. The predicted molar refractivity (Wildman–Crippen MR) is 114 cm³/mol. The van der Waals surface area contributed by atoms with Crippen molar-refractivity contribution in [2.45, 2.75) is 13.0 Å². The first-order chi connectivity index (χ1) is 13.4. The summed E-state index contributed by atoms with van der Waals surface area (Å²) in [5, 5.41) is 3.18. The molecule has 2 amide bonds. The molecule has 0 saturated carbocycles. The molecule has 1 N–H and O–H groups in total. The number of rotatable bonds is 4. The predicted octanol–water partition coefficient (Wildman–Crippen LogP) is 3.62. The maximum Gasteiger partial charge on any atom is 0.253 e. The Hall–Kier alpha value is -1.83. The maximum absolute atomic E-state index is 12.7. The smallest absolute Gasteiger partial charge is 0.253 e. The van der Waals surface area contributed by atoms with E-state index in [-0.39, 0.29) is 16.5 Å². The van der Waals surface area contributed by atoms with Crippen LogP contribution in [-0.2, 0) is 4.79 Å². The minimum absolute atomic E-state index is 0.130. The van der Waals surface area contributed by atoms with Gasteiger partial charge in [-0.3, -0.25) is 9.59 Å². The lowest BCUT2D eigenvalue weighted by Gasteiger charge is -2.36. The van der Waals surface area contributed by atoms with E-state index in [0.717, 1.165) is 10.3 Å². The average Bonchev–Trinajstić information content (AvgIpc) is 2.70. The van der Waals surface area contributed by atoms with Crippen molar-refractivity contribution in [3.05, 3.63) is 56.6 Å². The molecular formula is C19H19BrCl2N4O2. The van der Waals surface area contributed by atoms with Gasteiger partial charge in [0.25, 0.3) is 5.91 Å². The summed E-state index contributed by atoms with van der Waals surface area (Å²) in [6.45, 7) is 4.16. The number of hydrogen-bond acceptors (Lipinski definition) is 4. The fourth-order valence-electron chi connectivity index (χ4n) is 3.00. The first kappa shape index (κ1) is 20.9. The van der Waals surface area contributed by atoms with E-state index < -0.39 is 11.9 Å². The van der Waals surface area contributed by atoms with Crippen molar-refractivity contribution in [3.63, 3.8) is 0 Å². The second kappa shape index (κ2) is 9.11. The summed E-state index contributed by atoms with van der Waals surface area (Å²) >= 11 is 15.4. The molecule has 3 rings (SSSR count). The number of anilines is 1. The van der Waals surface area contributed by atoms with Crippen LogP contribution < -0.4 is 10.2 Å². The van der Waals surface area contributed by atoms with Crippen molar-refractivity contribution in [1.29, 1.82) is 0 Å². The Balaban J connectivity index is 1.56. The van der Waals surface area contributed by atoms with E-state index >= 15 is 0 Å². The Labute approximate surface area is 181 Å². The van der Waals surface area contributed by atoms with Gasteiger partial charge < -0.3 is 15.1 Å². The average molecular weight is 486 g/mol. The van der Waals surface area contributed by atoms with Crippen molar-refractivity contribution >= 4 is 56.8 Å². The molecule has 1 fully saturated rings. The molecule has 1 saturated heterocycles. The standard InChI is InChI=1S/C19H19BrCl2N4O2/c1-12(24-18(27)14-3-2-4-15(21)17(14)22)19(28)26-9-7-25(8-10-26)16-6-5-13(20)11-23-16/h2-6,11-12H,7-10H2,1H3,(H,24,27). The van der Waals surface area contributed by atoms with Gasteiger partial charge >= 0.3 is 0 Å². The highest BCUT2D eigenvalue weighted by molar-refractivity contribution is 9.10. The number of nitrogens with one attached hydrogen (secondary N) is 1. The van der Waals surface area contributed by atoms with E-state index in [1.807, 2.05) is 12.1 Å². The summed E-state index contributed by atoms with van der Waals surface area (Å²) in [6, 6.07) is 8.04. The van der Waals surface area contributed by atoms with Gasteiger partial charge in [0.2, 0.25) is 5.91 Å². The molecule has 0 radical (unpaired) electrons. The van der Waals surface area contributed by atoms with Gasteiger partial charge in [0.05, 0.1) is 15.6 Å². The van der Waals surface area contributed by atoms with Crippen molar-refractivity contribution in [2.75, 3.05) is 31.1 Å². The summed E-state index contributed by atoms with van der Waals surface area (Å²) < 4.78 is 0.925. The first-order valence-corrected chi connectivity index (χ1v) is 10.3. The Bertz CT molecular complexity index is 871. The van der Waals surface area contributed by atoms with Crippen LogP contribution in [0.3, 0.4) is 0 Å². The van der Waals surface area contributed by atoms with Crippen LogP contribution in [0.5, 0.6) is 0 Å². The number of aromatic nitrogens is 1. The second-order valence-electron chi connectivity index (χ2n) is 6.44. The molecule has 0 aliphatic carbocycles. The van der Waals surface area contributed by atoms with Crippen LogP contribution in [0.1, 0.15) is 17.3 Å². The van der Waals surface area contributed by atoms with Crippen LogP contribution in [0.25, 0.3) is 0 Å². The summed E-state index contributed by atoms with van der Waals surface area (Å²) in [6.07, 6.45) is 1.76. The Morgan fingerprint density at radius 3 is 2.50 bits per heavy atom. The van der Waals surface area contributed by atoms with Crippen LogP contribution in [0.4, 0.5) is 5.82 Å². The van der Waals surface area contributed by atoms with Gasteiger partial charge in [0.1, 0.15) is 11.9 Å². The first-order valence-electron chi connectivity index (χ1n) is 8.77. The van der Waals surface area contributed by atoms with Crippen LogP contribution >= 0.6 is 39.1 Å². The van der Waals surface area contributed by atoms with Gasteiger partial charge in [-0.15, -0.1) is 0 Å². The molecule has 1 aromatic carbocycles. The highest BCUT2D eigenvalue weighted by atomic mass is 79.9. The van der Waals surface area contributed by atoms with Crippen LogP contribution in [0, 0.1) is 0 Å². The summed E-state index contributed by atoms with van der Waals surface area (Å²) in [5.41, 5.74) is 0.250. The summed E-state index contributed by atoms with van der Waals surface area (Å²) in [4.78, 5) is 33.4. The van der Waals surface area contributed by atoms with Gasteiger partial charge in [-0.05, 0) is 47.1 Å². The van der Waals surface area contributed by atoms with E-state index in [1.165, 1.54) is 0 Å². The molecule has 2 heterocycles. The Morgan fingerprint density at radius 1 is 1.14 bits per heavy atom. The van der Waals surface area contributed by atoms with Crippen molar-refractivity contribution in [1.82, 2.24) is 15.2 Å². The second-order valence-corrected chi connectivity index (χ2v) is 8.14. The molecular weight excluding hydrogens is 467 g/mol. The van der Waals surface area contributed by atoms with E-state index in [2.05, 4.69) is 31.1 Å². The van der Waals surface area contributed by atoms with E-state index in [9.17, 15) is 9.59 Å². The van der Waals surface area contributed by atoms with Gasteiger partial charge in [0.15, 0.2) is 0 Å². The third-order valence-corrected chi connectivity index (χ3v) is 5.83. The molecule has 0 spiro atoms. The van der Waals surface area contributed by atoms with Crippen LogP contribution in [-0.4, -0.2) is 53.9 Å². The third-order valence-electron chi connectivity index (χ3n) is 4.54. The number of pyridine rings is 1. The van der Waals surface area contributed by atoms with E-state index in [4.69, 9.17) is 23.2 Å². The number of carbonyl (C=O) groups is 2. The number of hydrogen-bond donors (Lipinski definition) is 1. The molecule has 1 unspecified atom stereocenters. The molecule has 148 valence electrons. The highest BCUT2D eigenvalue weighted by Crippen LogP contribution is 2.25. The SMILES string of the molecule is CC(NC(=O)c1cccc(Cl)c1Cl)C(=O)N1CCN(c2ccc(Br)cn2)CC1. The zero-order chi connectivity index (χ0) is 20.3. The van der Waals surface area contributed by atoms with Crippen LogP contribution in [0.2, 0.25) is 10.0 Å². The van der Waals surface area contributed by atoms with Crippen LogP contribution in [0.15, 0.2) is 41.0 Å². The normalized spacial score (nSPS) is 15.3. The number of piperazine rings is 1. The molecule has 1 atom stereocenters. The topological polar surface area (TPSA) is 65.5 Å². The lowest BCUT2D eigenvalue weighted by atomic mass is 10.2. The third kappa shape index (κ3) is 4.77. The molecule has 1 aliphatic rings. The van der Waals surface area contributed by atoms with Gasteiger partial charge in [0, 0.05) is 36.8 Å². The summed E-state index contributed by atoms with van der Waals surface area (Å²) in [7, 11) is 0. The zero-order valence-electron chi connectivity index (χ0n) is 15.2. The molecule has 28 heavy (non-hydrogen) atoms. The lowest BCUT2D eigenvalue weighted by Crippen LogP contribution is -2.54. The number of halogens is 3. The minimum atomic E-state index is -0.667. The zero-order valence-corrected chi connectivity index (χ0v) is 18.3. The molecule has 1 aliphatic heterocycles. The van der Waals surface area contributed by atoms with Gasteiger partial charge in [-0.1, -0.05) is 29.3 Å². The summed E-state index contributed by atoms with van der Waals surface area (Å²) in [5.74, 6) is 0.327. The van der Waals surface area contributed by atoms with E-state index in [0.29, 0.717) is 31.2 Å². The van der Waals surface area contributed by atoms with Crippen molar-refractivity contribution in [2.24, 2.45) is 0 Å². The molecule has 6 nitrogen and oxygen atoms in total. The van der Waals surface area contributed by atoms with Gasteiger partial charge in [-0.25, -0.2) is 4.98 Å². The van der Waals surface area contributed by atoms with Crippen molar-refractivity contribution in [3.8, 4) is 0 Å². The molecule has 0 bridgehead atoms. The highest BCUT2D eigenvalue weighted by Gasteiger charge is 2.27.